The van der Waals surface area contributed by atoms with Gasteiger partial charge in [-0.15, -0.1) is 0 Å². The van der Waals surface area contributed by atoms with Crippen molar-refractivity contribution in [3.8, 4) is 0 Å². The minimum Gasteiger partial charge on any atom is -0.338 e. The van der Waals surface area contributed by atoms with Crippen LogP contribution in [-0.4, -0.2) is 35.4 Å². The van der Waals surface area contributed by atoms with Crippen LogP contribution in [0.5, 0.6) is 0 Å². The molecule has 1 aromatic carbocycles. The molecule has 92 valence electrons. The molecule has 6 heteroatoms. The first kappa shape index (κ1) is 13.1. The molecule has 0 fully saturated rings. The molecule has 2 N–H and O–H groups in total. The lowest BCUT2D eigenvalue weighted by atomic mass is 10.1. The van der Waals surface area contributed by atoms with Crippen molar-refractivity contribution in [1.29, 1.82) is 0 Å². The third-order valence-electron chi connectivity index (χ3n) is 2.63. The first-order valence-corrected chi connectivity index (χ1v) is 5.19. The predicted octanol–water partition coefficient (Wildman–Crippen LogP) is 1.01. The zero-order valence-electron chi connectivity index (χ0n) is 9.79. The van der Waals surface area contributed by atoms with Crippen molar-refractivity contribution in [2.45, 2.75) is 13.0 Å². The van der Waals surface area contributed by atoms with E-state index < -0.39 is 4.92 Å². The lowest BCUT2D eigenvalue weighted by molar-refractivity contribution is -0.384. The molecule has 0 aliphatic rings. The molecule has 0 bridgehead atoms. The quantitative estimate of drug-likeness (QED) is 0.625. The number of carbonyl (C=O) groups excluding carboxylic acids is 1. The minimum atomic E-state index is -0.525. The second kappa shape index (κ2) is 5.40. The summed E-state index contributed by atoms with van der Waals surface area (Å²) in [5.41, 5.74) is 5.67. The number of nitrogens with two attached hydrogens (primary N) is 1. The Hall–Kier alpha value is -1.95. The summed E-state index contributed by atoms with van der Waals surface area (Å²) in [6.07, 6.45) is 0. The van der Waals surface area contributed by atoms with Crippen molar-refractivity contribution in [3.05, 3.63) is 39.9 Å². The lowest BCUT2D eigenvalue weighted by Gasteiger charge is -2.23. The molecule has 1 unspecified atom stereocenters. The molecule has 0 aromatic heterocycles. The number of nitro benzene ring substituents is 1. The first-order chi connectivity index (χ1) is 7.97. The normalized spacial score (nSPS) is 11.9. The molecule has 0 aliphatic carbocycles. The summed E-state index contributed by atoms with van der Waals surface area (Å²) >= 11 is 0. The summed E-state index contributed by atoms with van der Waals surface area (Å²) in [5, 5.41) is 10.6. The Kier molecular flexibility index (Phi) is 4.17. The zero-order chi connectivity index (χ0) is 13.0. The Labute approximate surface area is 99.2 Å². The van der Waals surface area contributed by atoms with E-state index in [-0.39, 0.29) is 17.6 Å². The van der Waals surface area contributed by atoms with Gasteiger partial charge in [0.05, 0.1) is 4.92 Å². The molecule has 1 rings (SSSR count). The maximum atomic E-state index is 12.0. The van der Waals surface area contributed by atoms with Gasteiger partial charge in [0.15, 0.2) is 0 Å². The summed E-state index contributed by atoms with van der Waals surface area (Å²) in [5.74, 6) is -0.272. The highest BCUT2D eigenvalue weighted by atomic mass is 16.6. The molecule has 17 heavy (non-hydrogen) atoms. The van der Waals surface area contributed by atoms with E-state index in [9.17, 15) is 14.9 Å². The highest BCUT2D eigenvalue weighted by Crippen LogP contribution is 2.15. The number of carbonyl (C=O) groups is 1. The summed E-state index contributed by atoms with van der Waals surface area (Å²) in [7, 11) is 1.62. The molecule has 6 nitrogen and oxygen atoms in total. The van der Waals surface area contributed by atoms with Crippen molar-refractivity contribution >= 4 is 11.6 Å². The average Bonchev–Trinajstić information content (AvgIpc) is 2.36. The molecule has 0 heterocycles. The molecule has 1 aromatic rings. The Morgan fingerprint density at radius 3 is 2.76 bits per heavy atom. The van der Waals surface area contributed by atoms with Crippen LogP contribution in [0.25, 0.3) is 0 Å². The van der Waals surface area contributed by atoms with Crippen molar-refractivity contribution in [2.75, 3.05) is 13.6 Å². The highest BCUT2D eigenvalue weighted by molar-refractivity contribution is 5.94. The smallest absolute Gasteiger partial charge is 0.270 e. The third-order valence-corrected chi connectivity index (χ3v) is 2.63. The second-order valence-electron chi connectivity index (χ2n) is 3.81. The molecular weight excluding hydrogens is 222 g/mol. The van der Waals surface area contributed by atoms with Gasteiger partial charge in [0.1, 0.15) is 0 Å². The van der Waals surface area contributed by atoms with Gasteiger partial charge >= 0.3 is 0 Å². The zero-order valence-corrected chi connectivity index (χ0v) is 9.79. The first-order valence-electron chi connectivity index (χ1n) is 5.19. The Morgan fingerprint density at radius 2 is 2.24 bits per heavy atom. The Morgan fingerprint density at radius 1 is 1.59 bits per heavy atom. The van der Waals surface area contributed by atoms with Crippen LogP contribution >= 0.6 is 0 Å². The van der Waals surface area contributed by atoms with Gasteiger partial charge in [-0.2, -0.15) is 0 Å². The number of amides is 1. The van der Waals surface area contributed by atoms with Crippen molar-refractivity contribution < 1.29 is 9.72 Å². The van der Waals surface area contributed by atoms with Crippen molar-refractivity contribution in [3.63, 3.8) is 0 Å². The van der Waals surface area contributed by atoms with E-state index in [1.807, 2.05) is 6.92 Å². The van der Waals surface area contributed by atoms with Gasteiger partial charge < -0.3 is 10.6 Å². The molecule has 0 aliphatic heterocycles. The average molecular weight is 237 g/mol. The summed E-state index contributed by atoms with van der Waals surface area (Å²) in [6, 6.07) is 5.55. The molecule has 0 saturated carbocycles. The molecular formula is C11H15N3O3. The maximum absolute atomic E-state index is 12.0. The number of hydrogen-bond donors (Lipinski definition) is 1. The van der Waals surface area contributed by atoms with Gasteiger partial charge in [0.25, 0.3) is 11.6 Å². The standard InChI is InChI=1S/C11H15N3O3/c1-8(7-12)13(2)11(15)9-4-3-5-10(6-9)14(16)17/h3-6,8H,7,12H2,1-2H3. The van der Waals surface area contributed by atoms with Gasteiger partial charge in [0, 0.05) is 37.3 Å². The number of rotatable bonds is 4. The van der Waals surface area contributed by atoms with E-state index in [2.05, 4.69) is 0 Å². The van der Waals surface area contributed by atoms with Crippen LogP contribution in [0.2, 0.25) is 0 Å². The predicted molar refractivity (Wildman–Crippen MR) is 63.7 cm³/mol. The van der Waals surface area contributed by atoms with Gasteiger partial charge in [0.2, 0.25) is 0 Å². The fourth-order valence-electron chi connectivity index (χ4n) is 1.31. The summed E-state index contributed by atoms with van der Waals surface area (Å²) in [6.45, 7) is 2.16. The number of hydrogen-bond acceptors (Lipinski definition) is 4. The number of likely N-dealkylation sites (N-methyl/N-ethyl adjacent to an activating group) is 1. The molecule has 1 amide bonds. The fourth-order valence-corrected chi connectivity index (χ4v) is 1.31. The van der Waals surface area contributed by atoms with Crippen LogP contribution in [0.4, 0.5) is 5.69 Å². The van der Waals surface area contributed by atoms with Crippen molar-refractivity contribution in [1.82, 2.24) is 4.90 Å². The fraction of sp³-hybridized carbons (Fsp3) is 0.364. The monoisotopic (exact) mass is 237 g/mol. The van der Waals surface area contributed by atoms with E-state index in [0.29, 0.717) is 12.1 Å². The number of benzene rings is 1. The van der Waals surface area contributed by atoms with E-state index in [0.717, 1.165) is 0 Å². The van der Waals surface area contributed by atoms with Crippen LogP contribution in [0, 0.1) is 10.1 Å². The van der Waals surface area contributed by atoms with Crippen molar-refractivity contribution in [2.24, 2.45) is 5.73 Å². The topological polar surface area (TPSA) is 89.5 Å². The lowest BCUT2D eigenvalue weighted by Crippen LogP contribution is -2.39. The van der Waals surface area contributed by atoms with Crippen LogP contribution < -0.4 is 5.73 Å². The number of nitrogens with zero attached hydrogens (tertiary/aromatic N) is 2. The molecule has 0 spiro atoms. The van der Waals surface area contributed by atoms with Crippen LogP contribution in [0.1, 0.15) is 17.3 Å². The third kappa shape index (κ3) is 3.01. The number of non-ortho nitro benzene ring substituents is 1. The molecule has 1 atom stereocenters. The Bertz CT molecular complexity index is 434. The van der Waals surface area contributed by atoms with Gasteiger partial charge in [-0.1, -0.05) is 6.07 Å². The van der Waals surface area contributed by atoms with Crippen LogP contribution in [-0.2, 0) is 0 Å². The SMILES string of the molecule is CC(CN)N(C)C(=O)c1cccc([N+](=O)[O-])c1. The highest BCUT2D eigenvalue weighted by Gasteiger charge is 2.18. The summed E-state index contributed by atoms with van der Waals surface area (Å²) < 4.78 is 0. The minimum absolute atomic E-state index is 0.0929. The van der Waals surface area contributed by atoms with Gasteiger partial charge in [-0.25, -0.2) is 0 Å². The van der Waals surface area contributed by atoms with Gasteiger partial charge in [-0.3, -0.25) is 14.9 Å². The van der Waals surface area contributed by atoms with E-state index in [1.54, 1.807) is 13.1 Å². The van der Waals surface area contributed by atoms with Crippen LogP contribution in [0.3, 0.4) is 0 Å². The van der Waals surface area contributed by atoms with Gasteiger partial charge in [-0.05, 0) is 13.0 Å². The van der Waals surface area contributed by atoms with E-state index >= 15 is 0 Å². The number of nitro groups is 1. The maximum Gasteiger partial charge on any atom is 0.270 e. The molecule has 0 radical (unpaired) electrons. The summed E-state index contributed by atoms with van der Waals surface area (Å²) in [4.78, 5) is 23.5. The molecule has 0 saturated heterocycles. The van der Waals surface area contributed by atoms with E-state index in [4.69, 9.17) is 5.73 Å². The van der Waals surface area contributed by atoms with E-state index in [1.165, 1.54) is 23.1 Å². The van der Waals surface area contributed by atoms with Crippen LogP contribution in [0.15, 0.2) is 24.3 Å². The Balaban J connectivity index is 2.96. The second-order valence-corrected chi connectivity index (χ2v) is 3.81. The largest absolute Gasteiger partial charge is 0.338 e.